The van der Waals surface area contributed by atoms with Crippen LogP contribution in [0, 0.1) is 5.92 Å². The number of carbonyl (C=O) groups excluding carboxylic acids is 2. The molecule has 0 spiro atoms. The maximum absolute atomic E-state index is 12.1. The van der Waals surface area contributed by atoms with Gasteiger partial charge in [-0.05, 0) is 40.8 Å². The smallest absolute Gasteiger partial charge is 0.258 e. The molecule has 28 heavy (non-hydrogen) atoms. The number of carbonyl (C=O) groups is 2. The highest BCUT2D eigenvalue weighted by Gasteiger charge is 2.14. The van der Waals surface area contributed by atoms with Crippen molar-refractivity contribution < 1.29 is 14.3 Å². The van der Waals surface area contributed by atoms with Gasteiger partial charge in [0.2, 0.25) is 5.91 Å². The minimum Gasteiger partial charge on any atom is -0.484 e. The van der Waals surface area contributed by atoms with Crippen LogP contribution in [0.5, 0.6) is 5.75 Å². The third-order valence-corrected chi connectivity index (χ3v) is 4.31. The average molecular weight is 383 g/mol. The molecule has 2 aromatic rings. The van der Waals surface area contributed by atoms with Gasteiger partial charge in [0.15, 0.2) is 6.61 Å². The first-order valence-corrected chi connectivity index (χ1v) is 9.55. The van der Waals surface area contributed by atoms with E-state index in [1.807, 2.05) is 56.3 Å². The Bertz CT molecular complexity index is 805. The van der Waals surface area contributed by atoms with E-state index in [2.05, 4.69) is 37.5 Å². The molecule has 0 fully saturated rings. The number of rotatable bonds is 7. The minimum atomic E-state index is -0.182. The second-order valence-electron chi connectivity index (χ2n) is 8.18. The standard InChI is InChI=1S/C23H30N2O3/c1-16(2)22(27)25-19-11-9-17(10-12-19)14-24-21(26)15-28-20-8-6-7-18(13-20)23(3,4)5/h6-13,16H,14-15H2,1-5H3,(H,24,26)(H,25,27). The van der Waals surface area contributed by atoms with Crippen LogP contribution in [0.3, 0.4) is 0 Å². The van der Waals surface area contributed by atoms with Gasteiger partial charge in [-0.25, -0.2) is 0 Å². The third kappa shape index (κ3) is 6.72. The Kier molecular flexibility index (Phi) is 7.21. The third-order valence-electron chi connectivity index (χ3n) is 4.31. The van der Waals surface area contributed by atoms with Crippen molar-refractivity contribution in [2.75, 3.05) is 11.9 Å². The quantitative estimate of drug-likeness (QED) is 0.751. The van der Waals surface area contributed by atoms with Gasteiger partial charge in [0.1, 0.15) is 5.75 Å². The Balaban J connectivity index is 1.80. The summed E-state index contributed by atoms with van der Waals surface area (Å²) in [5.41, 5.74) is 2.89. The summed E-state index contributed by atoms with van der Waals surface area (Å²) in [5.74, 6) is 0.419. The number of anilines is 1. The molecule has 0 atom stereocenters. The SMILES string of the molecule is CC(C)C(=O)Nc1ccc(CNC(=O)COc2cccc(C(C)(C)C)c2)cc1. The van der Waals surface area contributed by atoms with E-state index in [0.717, 1.165) is 16.8 Å². The molecule has 0 unspecified atom stereocenters. The molecule has 0 aliphatic carbocycles. The average Bonchev–Trinajstić information content (AvgIpc) is 2.65. The van der Waals surface area contributed by atoms with Crippen LogP contribution in [0.25, 0.3) is 0 Å². The van der Waals surface area contributed by atoms with Crippen LogP contribution in [0.1, 0.15) is 45.7 Å². The number of amides is 2. The molecule has 5 heteroatoms. The van der Waals surface area contributed by atoms with Gasteiger partial charge in [-0.1, -0.05) is 58.9 Å². The second kappa shape index (κ2) is 9.40. The van der Waals surface area contributed by atoms with Crippen molar-refractivity contribution in [1.29, 1.82) is 0 Å². The number of benzene rings is 2. The van der Waals surface area contributed by atoms with Crippen LogP contribution in [0.15, 0.2) is 48.5 Å². The summed E-state index contributed by atoms with van der Waals surface area (Å²) < 4.78 is 5.62. The van der Waals surface area contributed by atoms with Crippen molar-refractivity contribution in [3.8, 4) is 5.75 Å². The molecule has 2 N–H and O–H groups in total. The lowest BCUT2D eigenvalue weighted by Gasteiger charge is -2.19. The van der Waals surface area contributed by atoms with Crippen molar-refractivity contribution in [1.82, 2.24) is 5.32 Å². The second-order valence-corrected chi connectivity index (χ2v) is 8.18. The zero-order chi connectivity index (χ0) is 20.7. The molecule has 0 aliphatic heterocycles. The Hall–Kier alpha value is -2.82. The highest BCUT2D eigenvalue weighted by atomic mass is 16.5. The van der Waals surface area contributed by atoms with Gasteiger partial charge in [0.25, 0.3) is 5.91 Å². The van der Waals surface area contributed by atoms with Gasteiger partial charge in [0, 0.05) is 18.2 Å². The van der Waals surface area contributed by atoms with Crippen LogP contribution in [-0.4, -0.2) is 18.4 Å². The maximum atomic E-state index is 12.1. The zero-order valence-corrected chi connectivity index (χ0v) is 17.3. The monoisotopic (exact) mass is 382 g/mol. The summed E-state index contributed by atoms with van der Waals surface area (Å²) in [6.07, 6.45) is 0. The summed E-state index contributed by atoms with van der Waals surface area (Å²) in [6, 6.07) is 15.2. The predicted octanol–water partition coefficient (Wildman–Crippen LogP) is 4.27. The van der Waals surface area contributed by atoms with E-state index in [1.165, 1.54) is 0 Å². The molecular formula is C23H30N2O3. The number of hydrogen-bond acceptors (Lipinski definition) is 3. The lowest BCUT2D eigenvalue weighted by atomic mass is 9.87. The molecule has 2 amide bonds. The largest absolute Gasteiger partial charge is 0.484 e. The van der Waals surface area contributed by atoms with E-state index in [9.17, 15) is 9.59 Å². The molecule has 0 saturated heterocycles. The van der Waals surface area contributed by atoms with E-state index >= 15 is 0 Å². The first-order chi connectivity index (χ1) is 13.1. The van der Waals surface area contributed by atoms with Gasteiger partial charge >= 0.3 is 0 Å². The molecule has 2 aromatic carbocycles. The zero-order valence-electron chi connectivity index (χ0n) is 17.3. The molecule has 150 valence electrons. The summed E-state index contributed by atoms with van der Waals surface area (Å²) in [6.45, 7) is 10.5. The fourth-order valence-corrected chi connectivity index (χ4v) is 2.45. The van der Waals surface area contributed by atoms with Crippen molar-refractivity contribution >= 4 is 17.5 Å². The van der Waals surface area contributed by atoms with Gasteiger partial charge in [0.05, 0.1) is 0 Å². The maximum Gasteiger partial charge on any atom is 0.258 e. The van der Waals surface area contributed by atoms with Crippen LogP contribution >= 0.6 is 0 Å². The summed E-state index contributed by atoms with van der Waals surface area (Å²) in [5, 5.41) is 5.68. The molecular weight excluding hydrogens is 352 g/mol. The molecule has 0 saturated carbocycles. The van der Waals surface area contributed by atoms with Crippen molar-refractivity contribution in [3.63, 3.8) is 0 Å². The van der Waals surface area contributed by atoms with Crippen LogP contribution in [-0.2, 0) is 21.5 Å². The lowest BCUT2D eigenvalue weighted by molar-refractivity contribution is -0.123. The number of nitrogens with one attached hydrogen (secondary N) is 2. The Morgan fingerprint density at radius 1 is 1.04 bits per heavy atom. The van der Waals surface area contributed by atoms with Gasteiger partial charge in [-0.15, -0.1) is 0 Å². The Morgan fingerprint density at radius 3 is 2.32 bits per heavy atom. The predicted molar refractivity (Wildman–Crippen MR) is 112 cm³/mol. The van der Waals surface area contributed by atoms with Gasteiger partial charge in [-0.3, -0.25) is 9.59 Å². The first-order valence-electron chi connectivity index (χ1n) is 9.55. The van der Waals surface area contributed by atoms with Gasteiger partial charge in [-0.2, -0.15) is 0 Å². The normalized spacial score (nSPS) is 11.2. The van der Waals surface area contributed by atoms with Crippen molar-refractivity contribution in [2.24, 2.45) is 5.92 Å². The Labute approximate surface area is 167 Å². The molecule has 0 radical (unpaired) electrons. The summed E-state index contributed by atoms with van der Waals surface area (Å²) in [7, 11) is 0. The van der Waals surface area contributed by atoms with E-state index in [0.29, 0.717) is 12.3 Å². The van der Waals surface area contributed by atoms with E-state index in [4.69, 9.17) is 4.74 Å². The molecule has 0 bridgehead atoms. The van der Waals surface area contributed by atoms with Crippen molar-refractivity contribution in [3.05, 3.63) is 59.7 Å². The summed E-state index contributed by atoms with van der Waals surface area (Å²) >= 11 is 0. The fraction of sp³-hybridized carbons (Fsp3) is 0.391. The van der Waals surface area contributed by atoms with Crippen LogP contribution in [0.2, 0.25) is 0 Å². The van der Waals surface area contributed by atoms with Crippen LogP contribution < -0.4 is 15.4 Å². The van der Waals surface area contributed by atoms with Crippen molar-refractivity contribution in [2.45, 2.75) is 46.6 Å². The molecule has 5 nitrogen and oxygen atoms in total. The molecule has 0 aromatic heterocycles. The highest BCUT2D eigenvalue weighted by molar-refractivity contribution is 5.92. The Morgan fingerprint density at radius 2 is 1.71 bits per heavy atom. The van der Waals surface area contributed by atoms with Gasteiger partial charge < -0.3 is 15.4 Å². The minimum absolute atomic E-state index is 0.0197. The van der Waals surface area contributed by atoms with E-state index in [1.54, 1.807) is 0 Å². The van der Waals surface area contributed by atoms with E-state index in [-0.39, 0.29) is 29.8 Å². The molecule has 0 heterocycles. The summed E-state index contributed by atoms with van der Waals surface area (Å²) in [4.78, 5) is 23.8. The molecule has 2 rings (SSSR count). The van der Waals surface area contributed by atoms with Crippen LogP contribution in [0.4, 0.5) is 5.69 Å². The number of ether oxygens (including phenoxy) is 1. The molecule has 0 aliphatic rings. The first kappa shape index (κ1) is 21.5. The highest BCUT2D eigenvalue weighted by Crippen LogP contribution is 2.25. The van der Waals surface area contributed by atoms with E-state index < -0.39 is 0 Å². The topological polar surface area (TPSA) is 67.4 Å². The number of hydrogen-bond donors (Lipinski definition) is 2. The fourth-order valence-electron chi connectivity index (χ4n) is 2.45. The lowest BCUT2D eigenvalue weighted by Crippen LogP contribution is -2.28.